The monoisotopic (exact) mass is 324 g/mol. The highest BCUT2D eigenvalue weighted by atomic mass is 79.9. The fourth-order valence-corrected chi connectivity index (χ4v) is 2.11. The highest BCUT2D eigenvalue weighted by Gasteiger charge is 2.15. The Hall–Kier alpha value is -1.33. The Bertz CT molecular complexity index is 439. The number of hydrogen-bond donors (Lipinski definition) is 2. The Morgan fingerprint density at radius 1 is 1.42 bits per heavy atom. The predicted octanol–water partition coefficient (Wildman–Crippen LogP) is 2.90. The molecule has 0 saturated carbocycles. The van der Waals surface area contributed by atoms with Gasteiger partial charge >= 0.3 is 6.03 Å². The molecule has 4 nitrogen and oxygen atoms in total. The van der Waals surface area contributed by atoms with Gasteiger partial charge in [0, 0.05) is 23.8 Å². The molecule has 1 saturated heterocycles. The molecule has 5 heteroatoms. The van der Waals surface area contributed by atoms with Crippen LogP contribution in [0.2, 0.25) is 0 Å². The third kappa shape index (κ3) is 5.04. The van der Waals surface area contributed by atoms with Crippen molar-refractivity contribution in [3.63, 3.8) is 0 Å². The molecule has 0 aromatic heterocycles. The van der Waals surface area contributed by atoms with E-state index in [2.05, 4.69) is 26.6 Å². The molecule has 2 N–H and O–H groups in total. The summed E-state index contributed by atoms with van der Waals surface area (Å²) in [6, 6.07) is 7.64. The van der Waals surface area contributed by atoms with Crippen molar-refractivity contribution in [1.29, 1.82) is 0 Å². The zero-order valence-corrected chi connectivity index (χ0v) is 12.2. The Kier molecular flexibility index (Phi) is 5.42. The Balaban J connectivity index is 1.69. The molecule has 1 aromatic rings. The average Bonchev–Trinajstić information content (AvgIpc) is 2.92. The second-order valence-electron chi connectivity index (χ2n) is 4.37. The summed E-state index contributed by atoms with van der Waals surface area (Å²) in [4.78, 5) is 11.5. The van der Waals surface area contributed by atoms with Crippen LogP contribution in [0.1, 0.15) is 18.4 Å². The molecule has 102 valence electrons. The number of hydrogen-bond acceptors (Lipinski definition) is 2. The molecule has 2 amide bonds. The molecule has 1 aliphatic heterocycles. The standard InChI is InChI=1S/C14H17BrN2O2/c15-12-5-3-11(4-6-12)7-8-16-14(18)17-10-13-2-1-9-19-13/h3-8,13H,1-2,9-10H2,(H2,16,17,18)/b8-7+. The lowest BCUT2D eigenvalue weighted by atomic mass is 10.2. The lowest BCUT2D eigenvalue weighted by molar-refractivity contribution is 0.111. The number of benzene rings is 1. The first-order chi connectivity index (χ1) is 9.24. The van der Waals surface area contributed by atoms with Gasteiger partial charge in [-0.15, -0.1) is 0 Å². The Labute approximate surface area is 121 Å². The minimum Gasteiger partial charge on any atom is -0.376 e. The summed E-state index contributed by atoms with van der Waals surface area (Å²) in [6.45, 7) is 1.37. The average molecular weight is 325 g/mol. The van der Waals surface area contributed by atoms with Crippen molar-refractivity contribution in [3.05, 3.63) is 40.5 Å². The van der Waals surface area contributed by atoms with Crippen LogP contribution in [0, 0.1) is 0 Å². The molecule has 0 spiro atoms. The second-order valence-corrected chi connectivity index (χ2v) is 5.29. The van der Waals surface area contributed by atoms with Gasteiger partial charge in [0.15, 0.2) is 0 Å². The molecule has 1 aromatic carbocycles. The predicted molar refractivity (Wildman–Crippen MR) is 78.7 cm³/mol. The van der Waals surface area contributed by atoms with Crippen LogP contribution in [0.4, 0.5) is 4.79 Å². The molecule has 1 fully saturated rings. The highest BCUT2D eigenvalue weighted by Crippen LogP contribution is 2.11. The SMILES string of the molecule is O=C(N/C=C/c1ccc(Br)cc1)NCC1CCCO1. The van der Waals surface area contributed by atoms with E-state index in [4.69, 9.17) is 4.74 Å². The molecule has 1 atom stereocenters. The molecule has 0 bridgehead atoms. The molecule has 1 heterocycles. The zero-order valence-electron chi connectivity index (χ0n) is 10.6. The number of urea groups is 1. The summed E-state index contributed by atoms with van der Waals surface area (Å²) < 4.78 is 6.46. The highest BCUT2D eigenvalue weighted by molar-refractivity contribution is 9.10. The molecule has 0 aliphatic carbocycles. The van der Waals surface area contributed by atoms with Crippen LogP contribution in [-0.4, -0.2) is 25.3 Å². The van der Waals surface area contributed by atoms with Crippen LogP contribution in [0.3, 0.4) is 0 Å². The Morgan fingerprint density at radius 2 is 2.21 bits per heavy atom. The largest absolute Gasteiger partial charge is 0.376 e. The summed E-state index contributed by atoms with van der Waals surface area (Å²) in [5.74, 6) is 0. The number of amides is 2. The molecule has 1 aliphatic rings. The topological polar surface area (TPSA) is 50.4 Å². The number of ether oxygens (including phenoxy) is 1. The van der Waals surface area contributed by atoms with Crippen molar-refractivity contribution in [1.82, 2.24) is 10.6 Å². The quantitative estimate of drug-likeness (QED) is 0.894. The molecule has 1 unspecified atom stereocenters. The van der Waals surface area contributed by atoms with Gasteiger partial charge in [0.25, 0.3) is 0 Å². The van der Waals surface area contributed by atoms with Crippen LogP contribution < -0.4 is 10.6 Å². The van der Waals surface area contributed by atoms with E-state index in [-0.39, 0.29) is 12.1 Å². The molecular weight excluding hydrogens is 308 g/mol. The maximum Gasteiger partial charge on any atom is 0.318 e. The van der Waals surface area contributed by atoms with Gasteiger partial charge in [-0.25, -0.2) is 4.79 Å². The summed E-state index contributed by atoms with van der Waals surface area (Å²) >= 11 is 3.37. The molecular formula is C14H17BrN2O2. The van der Waals surface area contributed by atoms with Gasteiger partial charge in [-0.1, -0.05) is 28.1 Å². The van der Waals surface area contributed by atoms with Gasteiger partial charge < -0.3 is 15.4 Å². The molecule has 2 rings (SSSR count). The van der Waals surface area contributed by atoms with Crippen LogP contribution in [-0.2, 0) is 4.74 Å². The number of carbonyl (C=O) groups is 1. The summed E-state index contributed by atoms with van der Waals surface area (Å²) in [5.41, 5.74) is 1.03. The first-order valence-electron chi connectivity index (χ1n) is 6.32. The van der Waals surface area contributed by atoms with Crippen LogP contribution >= 0.6 is 15.9 Å². The van der Waals surface area contributed by atoms with Crippen molar-refractivity contribution in [2.75, 3.05) is 13.2 Å². The van der Waals surface area contributed by atoms with E-state index >= 15 is 0 Å². The van der Waals surface area contributed by atoms with Crippen molar-refractivity contribution in [2.24, 2.45) is 0 Å². The van der Waals surface area contributed by atoms with Gasteiger partial charge in [0.2, 0.25) is 0 Å². The van der Waals surface area contributed by atoms with Gasteiger partial charge in [-0.2, -0.15) is 0 Å². The second kappa shape index (κ2) is 7.31. The van der Waals surface area contributed by atoms with Gasteiger partial charge in [-0.3, -0.25) is 0 Å². The van der Waals surface area contributed by atoms with E-state index < -0.39 is 0 Å². The van der Waals surface area contributed by atoms with Crippen molar-refractivity contribution >= 4 is 28.0 Å². The number of carbonyl (C=O) groups excluding carboxylic acids is 1. The van der Waals surface area contributed by atoms with E-state index in [1.54, 1.807) is 6.20 Å². The molecule has 19 heavy (non-hydrogen) atoms. The van der Waals surface area contributed by atoms with E-state index in [1.165, 1.54) is 0 Å². The summed E-state index contributed by atoms with van der Waals surface area (Å²) in [5, 5.41) is 5.46. The van der Waals surface area contributed by atoms with E-state index in [1.807, 2.05) is 30.3 Å². The van der Waals surface area contributed by atoms with Crippen molar-refractivity contribution in [2.45, 2.75) is 18.9 Å². The zero-order chi connectivity index (χ0) is 13.5. The number of rotatable bonds is 4. The minimum absolute atomic E-state index is 0.168. The van der Waals surface area contributed by atoms with Crippen LogP contribution in [0.5, 0.6) is 0 Å². The van der Waals surface area contributed by atoms with E-state index in [0.29, 0.717) is 6.54 Å². The fraction of sp³-hybridized carbons (Fsp3) is 0.357. The first-order valence-corrected chi connectivity index (χ1v) is 7.11. The third-order valence-corrected chi connectivity index (χ3v) is 3.40. The fourth-order valence-electron chi connectivity index (χ4n) is 1.85. The Morgan fingerprint density at radius 3 is 2.89 bits per heavy atom. The van der Waals surface area contributed by atoms with Crippen LogP contribution in [0.25, 0.3) is 6.08 Å². The summed E-state index contributed by atoms with van der Waals surface area (Å²) in [6.07, 6.45) is 5.75. The number of halogens is 1. The lowest BCUT2D eigenvalue weighted by Crippen LogP contribution is -2.37. The maximum atomic E-state index is 11.5. The summed E-state index contributed by atoms with van der Waals surface area (Å²) in [7, 11) is 0. The third-order valence-electron chi connectivity index (χ3n) is 2.87. The van der Waals surface area contributed by atoms with Crippen molar-refractivity contribution < 1.29 is 9.53 Å². The van der Waals surface area contributed by atoms with Gasteiger partial charge in [0.1, 0.15) is 0 Å². The van der Waals surface area contributed by atoms with Gasteiger partial charge in [-0.05, 0) is 36.6 Å². The van der Waals surface area contributed by atoms with Crippen molar-refractivity contribution in [3.8, 4) is 0 Å². The maximum absolute atomic E-state index is 11.5. The minimum atomic E-state index is -0.205. The smallest absolute Gasteiger partial charge is 0.318 e. The normalized spacial score (nSPS) is 18.7. The molecule has 0 radical (unpaired) electrons. The van der Waals surface area contributed by atoms with Gasteiger partial charge in [0.05, 0.1) is 6.10 Å². The first kappa shape index (κ1) is 14.1. The van der Waals surface area contributed by atoms with E-state index in [9.17, 15) is 4.79 Å². The van der Waals surface area contributed by atoms with Crippen LogP contribution in [0.15, 0.2) is 34.9 Å². The lowest BCUT2D eigenvalue weighted by Gasteiger charge is -2.10. The number of nitrogens with one attached hydrogen (secondary N) is 2. The van der Waals surface area contributed by atoms with E-state index in [0.717, 1.165) is 29.5 Å².